The molecule has 1 heterocycles. The number of aliphatic hydroxyl groups excluding tert-OH is 8. The van der Waals surface area contributed by atoms with Gasteiger partial charge in [-0.15, -0.1) is 0 Å². The van der Waals surface area contributed by atoms with Crippen molar-refractivity contribution in [1.29, 1.82) is 0 Å². The van der Waals surface area contributed by atoms with Gasteiger partial charge in [0.05, 0.1) is 6.61 Å². The molecule has 0 amide bonds. The van der Waals surface area contributed by atoms with E-state index in [0.717, 1.165) is 0 Å². The maximum absolute atomic E-state index is 9.63. The number of hydrogen-bond donors (Lipinski definition) is 8. The van der Waals surface area contributed by atoms with Crippen LogP contribution in [0.25, 0.3) is 0 Å². The first-order valence-corrected chi connectivity index (χ1v) is 5.34. The van der Waals surface area contributed by atoms with Crippen molar-refractivity contribution in [2.75, 3.05) is 6.61 Å². The minimum atomic E-state index is -1.88. The molecule has 108 valence electrons. The second-order valence-corrected chi connectivity index (χ2v) is 4.19. The molecular formula is C9H18O9. The van der Waals surface area contributed by atoms with Crippen molar-refractivity contribution in [2.24, 2.45) is 0 Å². The van der Waals surface area contributed by atoms with Crippen molar-refractivity contribution in [3.8, 4) is 0 Å². The molecule has 1 aliphatic rings. The zero-order chi connectivity index (χ0) is 14.0. The number of ether oxygens (including phenoxy) is 1. The van der Waals surface area contributed by atoms with Gasteiger partial charge in [-0.2, -0.15) is 0 Å². The van der Waals surface area contributed by atoms with Gasteiger partial charge in [-0.05, 0) is 0 Å². The van der Waals surface area contributed by atoms with Gasteiger partial charge in [-0.25, -0.2) is 0 Å². The van der Waals surface area contributed by atoms with E-state index in [1.54, 1.807) is 0 Å². The van der Waals surface area contributed by atoms with Crippen LogP contribution in [0, 0.1) is 0 Å². The quantitative estimate of drug-likeness (QED) is 0.249. The molecule has 8 atom stereocenters. The van der Waals surface area contributed by atoms with Gasteiger partial charge in [-0.3, -0.25) is 0 Å². The Morgan fingerprint density at radius 1 is 0.889 bits per heavy atom. The highest BCUT2D eigenvalue weighted by molar-refractivity contribution is 4.95. The van der Waals surface area contributed by atoms with Gasteiger partial charge in [0.25, 0.3) is 0 Å². The summed E-state index contributed by atoms with van der Waals surface area (Å²) in [5.74, 6) is 0. The third kappa shape index (κ3) is 2.96. The lowest BCUT2D eigenvalue weighted by Crippen LogP contribution is -2.63. The number of aliphatic hydroxyl groups is 8. The Morgan fingerprint density at radius 3 is 1.94 bits per heavy atom. The van der Waals surface area contributed by atoms with Crippen molar-refractivity contribution < 1.29 is 45.6 Å². The summed E-state index contributed by atoms with van der Waals surface area (Å²) in [4.78, 5) is 0. The second-order valence-electron chi connectivity index (χ2n) is 4.19. The van der Waals surface area contributed by atoms with E-state index in [1.807, 2.05) is 0 Å². The monoisotopic (exact) mass is 270 g/mol. The molecule has 9 nitrogen and oxygen atoms in total. The van der Waals surface area contributed by atoms with E-state index in [4.69, 9.17) is 10.2 Å². The lowest BCUT2D eigenvalue weighted by atomic mass is 9.91. The molecule has 18 heavy (non-hydrogen) atoms. The third-order valence-electron chi connectivity index (χ3n) is 2.89. The van der Waals surface area contributed by atoms with E-state index in [9.17, 15) is 30.6 Å². The second kappa shape index (κ2) is 6.19. The third-order valence-corrected chi connectivity index (χ3v) is 2.89. The summed E-state index contributed by atoms with van der Waals surface area (Å²) in [6, 6.07) is 0. The highest BCUT2D eigenvalue weighted by Crippen LogP contribution is 2.24. The van der Waals surface area contributed by atoms with Gasteiger partial charge in [-0.1, -0.05) is 0 Å². The SMILES string of the molecule is OCC(O)C(O)C(O)C1OC(O)C(O)C(O)C1O. The normalized spacial score (nSPS) is 42.3. The summed E-state index contributed by atoms with van der Waals surface area (Å²) in [6.07, 6.45) is -14.2. The zero-order valence-electron chi connectivity index (χ0n) is 9.31. The topological polar surface area (TPSA) is 171 Å². The van der Waals surface area contributed by atoms with Crippen molar-refractivity contribution >= 4 is 0 Å². The highest BCUT2D eigenvalue weighted by atomic mass is 16.6. The Morgan fingerprint density at radius 2 is 1.44 bits per heavy atom. The first-order chi connectivity index (χ1) is 8.31. The molecule has 9 heteroatoms. The van der Waals surface area contributed by atoms with Crippen LogP contribution in [0.15, 0.2) is 0 Å². The molecule has 1 aliphatic heterocycles. The molecule has 1 rings (SSSR count). The standard InChI is InChI=1S/C9H18O9/c10-1-2(11)3(12)5(14)8-6(15)4(13)7(16)9(17)18-8/h2-17H,1H2. The Bertz CT molecular complexity index is 262. The molecular weight excluding hydrogens is 252 g/mol. The van der Waals surface area contributed by atoms with E-state index < -0.39 is 55.6 Å². The first kappa shape index (κ1) is 15.7. The van der Waals surface area contributed by atoms with Gasteiger partial charge >= 0.3 is 0 Å². The molecule has 8 N–H and O–H groups in total. The molecule has 1 fully saturated rings. The van der Waals surface area contributed by atoms with Crippen molar-refractivity contribution in [2.45, 2.75) is 49.0 Å². The van der Waals surface area contributed by atoms with Gasteiger partial charge < -0.3 is 45.6 Å². The average Bonchev–Trinajstić information content (AvgIpc) is 2.37. The smallest absolute Gasteiger partial charge is 0.184 e. The van der Waals surface area contributed by atoms with Gasteiger partial charge in [0.2, 0.25) is 0 Å². The summed E-state index contributed by atoms with van der Waals surface area (Å²) >= 11 is 0. The van der Waals surface area contributed by atoms with Gasteiger partial charge in [0.15, 0.2) is 6.29 Å². The summed E-state index contributed by atoms with van der Waals surface area (Å²) in [5, 5.41) is 74.1. The summed E-state index contributed by atoms with van der Waals surface area (Å²) in [5.41, 5.74) is 0. The minimum Gasteiger partial charge on any atom is -0.394 e. The first-order valence-electron chi connectivity index (χ1n) is 5.34. The van der Waals surface area contributed by atoms with Crippen molar-refractivity contribution in [3.63, 3.8) is 0 Å². The van der Waals surface area contributed by atoms with E-state index in [-0.39, 0.29) is 0 Å². The van der Waals surface area contributed by atoms with Crippen molar-refractivity contribution in [1.82, 2.24) is 0 Å². The molecule has 1 saturated heterocycles. The fourth-order valence-corrected chi connectivity index (χ4v) is 1.70. The van der Waals surface area contributed by atoms with Crippen LogP contribution in [0.4, 0.5) is 0 Å². The Balaban J connectivity index is 2.76. The van der Waals surface area contributed by atoms with Crippen LogP contribution in [-0.2, 0) is 4.74 Å². The number of rotatable bonds is 4. The van der Waals surface area contributed by atoms with Crippen LogP contribution in [0.5, 0.6) is 0 Å². The molecule has 0 spiro atoms. The molecule has 0 aromatic rings. The lowest BCUT2D eigenvalue weighted by molar-refractivity contribution is -0.305. The summed E-state index contributed by atoms with van der Waals surface area (Å²) in [6.45, 7) is -0.839. The molecule has 0 bridgehead atoms. The van der Waals surface area contributed by atoms with Crippen LogP contribution in [0.1, 0.15) is 0 Å². The van der Waals surface area contributed by atoms with E-state index in [0.29, 0.717) is 0 Å². The van der Waals surface area contributed by atoms with Crippen LogP contribution in [-0.4, -0.2) is 96.5 Å². The maximum atomic E-state index is 9.63. The fraction of sp³-hybridized carbons (Fsp3) is 1.00. The summed E-state index contributed by atoms with van der Waals surface area (Å²) in [7, 11) is 0. The summed E-state index contributed by atoms with van der Waals surface area (Å²) < 4.78 is 4.65. The van der Waals surface area contributed by atoms with Crippen LogP contribution in [0.2, 0.25) is 0 Å². The van der Waals surface area contributed by atoms with Crippen molar-refractivity contribution in [3.05, 3.63) is 0 Å². The number of hydrogen-bond acceptors (Lipinski definition) is 9. The Labute approximate surface area is 102 Å². The zero-order valence-corrected chi connectivity index (χ0v) is 9.31. The van der Waals surface area contributed by atoms with Crippen LogP contribution < -0.4 is 0 Å². The fourth-order valence-electron chi connectivity index (χ4n) is 1.70. The molecule has 8 unspecified atom stereocenters. The molecule has 0 aromatic carbocycles. The Hall–Kier alpha value is -0.360. The van der Waals surface area contributed by atoms with E-state index >= 15 is 0 Å². The minimum absolute atomic E-state index is 0.839. The van der Waals surface area contributed by atoms with E-state index in [1.165, 1.54) is 0 Å². The molecule has 0 radical (unpaired) electrons. The predicted molar refractivity (Wildman–Crippen MR) is 54.0 cm³/mol. The lowest BCUT2D eigenvalue weighted by Gasteiger charge is -2.41. The van der Waals surface area contributed by atoms with Crippen LogP contribution in [0.3, 0.4) is 0 Å². The maximum Gasteiger partial charge on any atom is 0.184 e. The van der Waals surface area contributed by atoms with Gasteiger partial charge in [0, 0.05) is 0 Å². The highest BCUT2D eigenvalue weighted by Gasteiger charge is 2.48. The largest absolute Gasteiger partial charge is 0.394 e. The van der Waals surface area contributed by atoms with E-state index in [2.05, 4.69) is 4.74 Å². The molecule has 0 saturated carbocycles. The molecule has 0 aromatic heterocycles. The Kier molecular flexibility index (Phi) is 5.40. The van der Waals surface area contributed by atoms with Crippen LogP contribution >= 0.6 is 0 Å². The molecule has 0 aliphatic carbocycles. The van der Waals surface area contributed by atoms with Gasteiger partial charge in [0.1, 0.15) is 42.7 Å². The predicted octanol–water partition coefficient (Wildman–Crippen LogP) is -5.14. The average molecular weight is 270 g/mol.